The predicted octanol–water partition coefficient (Wildman–Crippen LogP) is 0.925. The summed E-state index contributed by atoms with van der Waals surface area (Å²) in [6.07, 6.45) is 5.45. The molecule has 2 rings (SSSR count). The van der Waals surface area contributed by atoms with Gasteiger partial charge in [-0.05, 0) is 6.92 Å². The minimum absolute atomic E-state index is 0.371. The Labute approximate surface area is 105 Å². The summed E-state index contributed by atoms with van der Waals surface area (Å²) in [5, 5.41) is 4.17. The summed E-state index contributed by atoms with van der Waals surface area (Å²) in [4.78, 5) is 11.3. The van der Waals surface area contributed by atoms with E-state index in [1.165, 1.54) is 6.08 Å². The zero-order valence-corrected chi connectivity index (χ0v) is 10.5. The average molecular weight is 251 g/mol. The van der Waals surface area contributed by atoms with Crippen molar-refractivity contribution < 1.29 is 14.3 Å². The second-order valence-electron chi connectivity index (χ2n) is 4.48. The number of esters is 1. The van der Waals surface area contributed by atoms with Gasteiger partial charge in [0.15, 0.2) is 0 Å². The lowest BCUT2D eigenvalue weighted by Crippen LogP contribution is -2.38. The Hall–Kier alpha value is -1.82. The minimum atomic E-state index is -0.926. The molecule has 18 heavy (non-hydrogen) atoms. The van der Waals surface area contributed by atoms with E-state index in [-0.39, 0.29) is 5.97 Å². The van der Waals surface area contributed by atoms with Gasteiger partial charge in [-0.25, -0.2) is 4.79 Å². The molecule has 1 aromatic rings. The zero-order valence-electron chi connectivity index (χ0n) is 10.5. The fourth-order valence-electron chi connectivity index (χ4n) is 1.85. The van der Waals surface area contributed by atoms with Crippen LogP contribution in [0.2, 0.25) is 0 Å². The van der Waals surface area contributed by atoms with Crippen molar-refractivity contribution in [1.82, 2.24) is 9.78 Å². The molecule has 1 aliphatic heterocycles. The van der Waals surface area contributed by atoms with Crippen LogP contribution in [0.25, 0.3) is 0 Å². The van der Waals surface area contributed by atoms with E-state index in [1.54, 1.807) is 24.7 Å². The number of rotatable bonds is 4. The minimum Gasteiger partial charge on any atom is -0.457 e. The van der Waals surface area contributed by atoms with Crippen LogP contribution in [0.5, 0.6) is 0 Å². The zero-order chi connectivity index (χ0) is 13.2. The van der Waals surface area contributed by atoms with Crippen LogP contribution >= 0.6 is 0 Å². The van der Waals surface area contributed by atoms with E-state index in [0.29, 0.717) is 25.3 Å². The van der Waals surface area contributed by atoms with Crippen molar-refractivity contribution in [3.05, 3.63) is 29.8 Å². The second-order valence-corrected chi connectivity index (χ2v) is 4.48. The van der Waals surface area contributed by atoms with Crippen molar-refractivity contribution in [3.63, 3.8) is 0 Å². The van der Waals surface area contributed by atoms with Crippen LogP contribution in [0.1, 0.15) is 25.8 Å². The number of allylic oxidation sites excluding steroid dienone is 1. The molecule has 1 unspecified atom stereocenters. The Morgan fingerprint density at radius 1 is 1.50 bits per heavy atom. The maximum Gasteiger partial charge on any atom is 0.337 e. The first-order valence-corrected chi connectivity index (χ1v) is 5.82. The summed E-state index contributed by atoms with van der Waals surface area (Å²) >= 11 is 0. The number of aryl methyl sites for hydroxylation is 1. The SMILES string of the molecule is CC1=CC(=O)OC(C)(CCn2cc(CN)cn2)O1. The highest BCUT2D eigenvalue weighted by molar-refractivity contribution is 5.83. The van der Waals surface area contributed by atoms with E-state index in [4.69, 9.17) is 15.2 Å². The third-order valence-corrected chi connectivity index (χ3v) is 2.73. The molecule has 1 aliphatic rings. The lowest BCUT2D eigenvalue weighted by atomic mass is 10.2. The topological polar surface area (TPSA) is 79.4 Å². The van der Waals surface area contributed by atoms with Crippen molar-refractivity contribution in [2.24, 2.45) is 5.73 Å². The van der Waals surface area contributed by atoms with E-state index in [1.807, 2.05) is 6.20 Å². The number of hydrogen-bond donors (Lipinski definition) is 1. The van der Waals surface area contributed by atoms with Crippen LogP contribution in [-0.4, -0.2) is 21.5 Å². The van der Waals surface area contributed by atoms with Crippen LogP contribution in [-0.2, 0) is 27.4 Å². The lowest BCUT2D eigenvalue weighted by molar-refractivity contribution is -0.216. The van der Waals surface area contributed by atoms with Crippen molar-refractivity contribution in [2.75, 3.05) is 0 Å². The first-order chi connectivity index (χ1) is 8.50. The third kappa shape index (κ3) is 2.89. The highest BCUT2D eigenvalue weighted by Gasteiger charge is 2.33. The number of nitrogens with two attached hydrogens (primary N) is 1. The monoisotopic (exact) mass is 251 g/mol. The molecule has 0 fully saturated rings. The Morgan fingerprint density at radius 3 is 2.89 bits per heavy atom. The highest BCUT2D eigenvalue weighted by Crippen LogP contribution is 2.26. The lowest BCUT2D eigenvalue weighted by Gasteiger charge is -2.33. The summed E-state index contributed by atoms with van der Waals surface area (Å²) in [6, 6.07) is 0. The molecule has 2 N–H and O–H groups in total. The van der Waals surface area contributed by atoms with E-state index in [9.17, 15) is 4.79 Å². The number of cyclic esters (lactones) is 1. The first-order valence-electron chi connectivity index (χ1n) is 5.82. The fraction of sp³-hybridized carbons (Fsp3) is 0.500. The van der Waals surface area contributed by atoms with Gasteiger partial charge in [0.05, 0.1) is 12.3 Å². The molecule has 0 aromatic carbocycles. The predicted molar refractivity (Wildman–Crippen MR) is 64.1 cm³/mol. The first kappa shape index (κ1) is 12.6. The van der Waals surface area contributed by atoms with Gasteiger partial charge in [-0.1, -0.05) is 0 Å². The Bertz CT molecular complexity index is 481. The largest absolute Gasteiger partial charge is 0.457 e. The number of nitrogens with zero attached hydrogens (tertiary/aromatic N) is 2. The molecule has 6 heteroatoms. The third-order valence-electron chi connectivity index (χ3n) is 2.73. The molecule has 0 amide bonds. The molecule has 98 valence electrons. The summed E-state index contributed by atoms with van der Waals surface area (Å²) in [6.45, 7) is 4.54. The van der Waals surface area contributed by atoms with Crippen molar-refractivity contribution >= 4 is 5.97 Å². The van der Waals surface area contributed by atoms with Gasteiger partial charge in [-0.15, -0.1) is 0 Å². The van der Waals surface area contributed by atoms with Crippen LogP contribution in [0.3, 0.4) is 0 Å². The summed E-state index contributed by atoms with van der Waals surface area (Å²) in [5.74, 6) is -0.730. The Morgan fingerprint density at radius 2 is 2.28 bits per heavy atom. The quantitative estimate of drug-likeness (QED) is 0.805. The summed E-state index contributed by atoms with van der Waals surface area (Å²) < 4.78 is 12.5. The van der Waals surface area contributed by atoms with Gasteiger partial charge < -0.3 is 15.2 Å². The standard InChI is InChI=1S/C12H17N3O3/c1-9-5-11(16)18-12(2,17-9)3-4-15-8-10(6-13)7-14-15/h5,7-8H,3-4,6,13H2,1-2H3. The molecule has 0 saturated carbocycles. The van der Waals surface area contributed by atoms with Gasteiger partial charge in [0.1, 0.15) is 5.76 Å². The molecule has 0 radical (unpaired) electrons. The maximum atomic E-state index is 11.3. The van der Waals surface area contributed by atoms with E-state index in [2.05, 4.69) is 5.10 Å². The molecule has 6 nitrogen and oxygen atoms in total. The molecular formula is C12H17N3O3. The van der Waals surface area contributed by atoms with Gasteiger partial charge in [-0.3, -0.25) is 4.68 Å². The van der Waals surface area contributed by atoms with Crippen LogP contribution in [0.15, 0.2) is 24.2 Å². The van der Waals surface area contributed by atoms with E-state index < -0.39 is 5.79 Å². The van der Waals surface area contributed by atoms with Crippen LogP contribution in [0.4, 0.5) is 0 Å². The highest BCUT2D eigenvalue weighted by atomic mass is 16.7. The van der Waals surface area contributed by atoms with E-state index in [0.717, 1.165) is 5.56 Å². The van der Waals surface area contributed by atoms with Crippen LogP contribution < -0.4 is 5.73 Å². The molecule has 1 aromatic heterocycles. The maximum absolute atomic E-state index is 11.3. The number of ether oxygens (including phenoxy) is 2. The molecule has 0 spiro atoms. The number of aromatic nitrogens is 2. The normalized spacial score (nSPS) is 23.3. The Balaban J connectivity index is 1.97. The van der Waals surface area contributed by atoms with Gasteiger partial charge >= 0.3 is 5.97 Å². The summed E-state index contributed by atoms with van der Waals surface area (Å²) in [7, 11) is 0. The molecule has 0 aliphatic carbocycles. The van der Waals surface area contributed by atoms with Crippen molar-refractivity contribution in [3.8, 4) is 0 Å². The number of carbonyl (C=O) groups is 1. The number of carbonyl (C=O) groups excluding carboxylic acids is 1. The number of hydrogen-bond acceptors (Lipinski definition) is 5. The van der Waals surface area contributed by atoms with Gasteiger partial charge in [0.2, 0.25) is 0 Å². The molecular weight excluding hydrogens is 234 g/mol. The summed E-state index contributed by atoms with van der Waals surface area (Å²) in [5.41, 5.74) is 6.48. The Kier molecular flexibility index (Phi) is 3.38. The molecule has 0 saturated heterocycles. The van der Waals surface area contributed by atoms with Gasteiger partial charge in [0.25, 0.3) is 5.79 Å². The molecule has 0 bridgehead atoms. The average Bonchev–Trinajstić information content (AvgIpc) is 2.72. The van der Waals surface area contributed by atoms with Crippen molar-refractivity contribution in [2.45, 2.75) is 39.1 Å². The molecule has 1 atom stereocenters. The smallest absolute Gasteiger partial charge is 0.337 e. The second kappa shape index (κ2) is 4.81. The van der Waals surface area contributed by atoms with Crippen LogP contribution in [0, 0.1) is 0 Å². The van der Waals surface area contributed by atoms with E-state index >= 15 is 0 Å². The van der Waals surface area contributed by atoms with Gasteiger partial charge in [-0.2, -0.15) is 5.10 Å². The van der Waals surface area contributed by atoms with Crippen molar-refractivity contribution in [1.29, 1.82) is 0 Å². The molecule has 2 heterocycles. The fourth-order valence-corrected chi connectivity index (χ4v) is 1.85. The van der Waals surface area contributed by atoms with Gasteiger partial charge in [0, 0.05) is 38.2 Å².